The van der Waals surface area contributed by atoms with Crippen molar-refractivity contribution in [1.29, 1.82) is 0 Å². The fourth-order valence-electron chi connectivity index (χ4n) is 2.72. The van der Waals surface area contributed by atoms with E-state index in [1.807, 2.05) is 0 Å². The minimum Gasteiger partial charge on any atom is -0.352 e. The summed E-state index contributed by atoms with van der Waals surface area (Å²) in [6, 6.07) is 0. The van der Waals surface area contributed by atoms with Gasteiger partial charge >= 0.3 is 0 Å². The van der Waals surface area contributed by atoms with Gasteiger partial charge in [-0.2, -0.15) is 0 Å². The van der Waals surface area contributed by atoms with Gasteiger partial charge in [-0.25, -0.2) is 0 Å². The summed E-state index contributed by atoms with van der Waals surface area (Å²) in [6.45, 7) is 2.21. The molecule has 3 unspecified atom stereocenters. The van der Waals surface area contributed by atoms with E-state index in [2.05, 4.69) is 0 Å². The normalized spacial score (nSPS) is 37.5. The Balaban J connectivity index is 1.59. The first kappa shape index (κ1) is 14.9. The maximum atomic E-state index is 5.96. The van der Waals surface area contributed by atoms with Crippen LogP contribution in [0.15, 0.2) is 0 Å². The second-order valence-corrected chi connectivity index (χ2v) is 6.77. The summed E-state index contributed by atoms with van der Waals surface area (Å²) < 4.78 is 34.5. The molecular formula is C13H24O6Si. The van der Waals surface area contributed by atoms with Crippen molar-refractivity contribution in [1.82, 2.24) is 0 Å². The van der Waals surface area contributed by atoms with Crippen LogP contribution in [-0.4, -0.2) is 54.5 Å². The van der Waals surface area contributed by atoms with Gasteiger partial charge in [0.05, 0.1) is 0 Å². The lowest BCUT2D eigenvalue weighted by molar-refractivity contribution is -0.422. The molecule has 20 heavy (non-hydrogen) atoms. The molecule has 3 heterocycles. The third kappa shape index (κ3) is 4.00. The van der Waals surface area contributed by atoms with Crippen molar-refractivity contribution in [3.05, 3.63) is 0 Å². The first-order valence-corrected chi connectivity index (χ1v) is 8.62. The van der Waals surface area contributed by atoms with E-state index < -0.39 is 5.60 Å². The predicted molar refractivity (Wildman–Crippen MR) is 72.8 cm³/mol. The highest BCUT2D eigenvalue weighted by Gasteiger charge is 2.39. The van der Waals surface area contributed by atoms with Gasteiger partial charge in [0.1, 0.15) is 10.2 Å². The Morgan fingerprint density at radius 1 is 0.700 bits per heavy atom. The molecule has 0 N–H and O–H groups in total. The van der Waals surface area contributed by atoms with Crippen LogP contribution in [0.1, 0.15) is 38.5 Å². The molecule has 3 aliphatic heterocycles. The van der Waals surface area contributed by atoms with E-state index in [0.717, 1.165) is 58.3 Å². The molecule has 0 aromatic carbocycles. The van der Waals surface area contributed by atoms with Gasteiger partial charge in [-0.1, -0.05) is 0 Å². The maximum Gasteiger partial charge on any atom is 0.252 e. The van der Waals surface area contributed by atoms with Crippen molar-refractivity contribution in [2.24, 2.45) is 0 Å². The van der Waals surface area contributed by atoms with E-state index in [1.54, 1.807) is 0 Å². The van der Waals surface area contributed by atoms with Gasteiger partial charge in [0.2, 0.25) is 0 Å². The Morgan fingerprint density at radius 3 is 1.30 bits per heavy atom. The zero-order chi connectivity index (χ0) is 13.8. The summed E-state index contributed by atoms with van der Waals surface area (Å²) in [5.74, 6) is 0. The third-order valence-corrected chi connectivity index (χ3v) is 4.41. The Morgan fingerprint density at radius 2 is 1.05 bits per heavy atom. The molecular weight excluding hydrogens is 280 g/mol. The van der Waals surface area contributed by atoms with Crippen molar-refractivity contribution in [2.75, 3.05) is 19.8 Å². The second-order valence-electron chi connectivity index (χ2n) is 5.54. The first-order chi connectivity index (χ1) is 9.73. The Kier molecular flexibility index (Phi) is 5.08. The predicted octanol–water partition coefficient (Wildman–Crippen LogP) is 0.422. The van der Waals surface area contributed by atoms with Crippen LogP contribution >= 0.6 is 0 Å². The SMILES string of the molecule is [SiH3]C(OC1CCCO1)(OC1CCCO1)OC1CCCO1. The quantitative estimate of drug-likeness (QED) is 0.524. The van der Waals surface area contributed by atoms with Gasteiger partial charge in [-0.15, -0.1) is 0 Å². The van der Waals surface area contributed by atoms with Crippen molar-refractivity contribution in [3.8, 4) is 0 Å². The molecule has 6 nitrogen and oxygen atoms in total. The molecule has 3 saturated heterocycles. The molecule has 0 spiro atoms. The van der Waals surface area contributed by atoms with Gasteiger partial charge in [-0.3, -0.25) is 0 Å². The van der Waals surface area contributed by atoms with Gasteiger partial charge in [0.25, 0.3) is 5.60 Å². The van der Waals surface area contributed by atoms with Crippen molar-refractivity contribution >= 4 is 10.2 Å². The van der Waals surface area contributed by atoms with E-state index in [9.17, 15) is 0 Å². The largest absolute Gasteiger partial charge is 0.352 e. The molecule has 0 radical (unpaired) electrons. The van der Waals surface area contributed by atoms with Crippen LogP contribution in [0.3, 0.4) is 0 Å². The molecule has 3 aliphatic rings. The van der Waals surface area contributed by atoms with Gasteiger partial charge < -0.3 is 28.4 Å². The molecule has 3 atom stereocenters. The lowest BCUT2D eigenvalue weighted by atomic mass is 10.3. The smallest absolute Gasteiger partial charge is 0.252 e. The highest BCUT2D eigenvalue weighted by atomic mass is 28.1. The summed E-state index contributed by atoms with van der Waals surface area (Å²) in [5.41, 5.74) is -1.04. The first-order valence-electron chi connectivity index (χ1n) is 7.62. The number of ether oxygens (including phenoxy) is 6. The van der Waals surface area contributed by atoms with E-state index in [4.69, 9.17) is 28.4 Å². The standard InChI is InChI=1S/C13H24O6Si/c20-13(17-10-4-1-7-14-10,18-11-5-2-8-15-11)19-12-6-3-9-16-12/h10-12H,1-9H2,20H3. The zero-order valence-electron chi connectivity index (χ0n) is 12.0. The molecule has 3 fully saturated rings. The van der Waals surface area contributed by atoms with E-state index in [1.165, 1.54) is 0 Å². The Labute approximate surface area is 122 Å². The van der Waals surface area contributed by atoms with Gasteiger partial charge in [-0.05, 0) is 19.3 Å². The van der Waals surface area contributed by atoms with Crippen LogP contribution in [0.4, 0.5) is 0 Å². The minimum atomic E-state index is -1.04. The fraction of sp³-hybridized carbons (Fsp3) is 1.00. The Hall–Kier alpha value is -0.0231. The van der Waals surface area contributed by atoms with Gasteiger partial charge in [0, 0.05) is 39.1 Å². The summed E-state index contributed by atoms with van der Waals surface area (Å²) in [6.07, 6.45) is 4.97. The maximum absolute atomic E-state index is 5.96. The summed E-state index contributed by atoms with van der Waals surface area (Å²) >= 11 is 0. The van der Waals surface area contributed by atoms with E-state index in [0.29, 0.717) is 10.2 Å². The molecule has 3 rings (SSSR count). The topological polar surface area (TPSA) is 55.4 Å². The van der Waals surface area contributed by atoms with E-state index in [-0.39, 0.29) is 18.9 Å². The third-order valence-electron chi connectivity index (χ3n) is 3.70. The number of hydrogen-bond acceptors (Lipinski definition) is 6. The molecule has 0 bridgehead atoms. The lowest BCUT2D eigenvalue weighted by Crippen LogP contribution is -2.47. The van der Waals surface area contributed by atoms with Crippen molar-refractivity contribution in [3.63, 3.8) is 0 Å². The summed E-state index contributed by atoms with van der Waals surface area (Å²) in [5, 5.41) is 0. The fourth-order valence-corrected chi connectivity index (χ4v) is 3.51. The molecule has 0 aliphatic carbocycles. The lowest BCUT2D eigenvalue weighted by Gasteiger charge is -2.35. The second kappa shape index (κ2) is 6.82. The zero-order valence-corrected chi connectivity index (χ0v) is 14.0. The van der Waals surface area contributed by atoms with E-state index >= 15 is 0 Å². The van der Waals surface area contributed by atoms with Crippen LogP contribution in [-0.2, 0) is 28.4 Å². The summed E-state index contributed by atoms with van der Waals surface area (Å²) in [4.78, 5) is 0. The van der Waals surface area contributed by atoms with Crippen molar-refractivity contribution < 1.29 is 28.4 Å². The average molecular weight is 304 g/mol. The minimum absolute atomic E-state index is 0.240. The molecule has 0 saturated carbocycles. The highest BCUT2D eigenvalue weighted by Crippen LogP contribution is 2.29. The Bertz CT molecular complexity index is 252. The van der Waals surface area contributed by atoms with Crippen LogP contribution in [0.2, 0.25) is 0 Å². The molecule has 7 heteroatoms. The number of hydrogen-bond donors (Lipinski definition) is 0. The molecule has 116 valence electrons. The van der Waals surface area contributed by atoms with Crippen LogP contribution in [0, 0.1) is 0 Å². The molecule has 0 aromatic heterocycles. The van der Waals surface area contributed by atoms with Gasteiger partial charge in [0.15, 0.2) is 18.9 Å². The molecule has 0 aromatic rings. The van der Waals surface area contributed by atoms with Crippen molar-refractivity contribution in [2.45, 2.75) is 63.0 Å². The van der Waals surface area contributed by atoms with Crippen LogP contribution < -0.4 is 0 Å². The number of rotatable bonds is 6. The summed E-state index contributed by atoms with van der Waals surface area (Å²) in [7, 11) is 0.566. The average Bonchev–Trinajstić information content (AvgIpc) is 3.11. The highest BCUT2D eigenvalue weighted by molar-refractivity contribution is 6.12. The van der Waals surface area contributed by atoms with Crippen LogP contribution in [0.5, 0.6) is 0 Å². The van der Waals surface area contributed by atoms with Crippen LogP contribution in [0.25, 0.3) is 0 Å². The monoisotopic (exact) mass is 304 g/mol. The molecule has 0 amide bonds.